The van der Waals surface area contributed by atoms with Gasteiger partial charge in [0.25, 0.3) is 0 Å². The lowest BCUT2D eigenvalue weighted by Gasteiger charge is -2.33. The number of hydrogen-bond acceptors (Lipinski definition) is 2. The summed E-state index contributed by atoms with van der Waals surface area (Å²) in [5.41, 5.74) is 5.57. The highest BCUT2D eigenvalue weighted by atomic mass is 15.2. The molecule has 2 heteroatoms. The van der Waals surface area contributed by atoms with Crippen molar-refractivity contribution in [1.29, 1.82) is 0 Å². The summed E-state index contributed by atoms with van der Waals surface area (Å²) in [5.74, 6) is 0. The molecule has 0 radical (unpaired) electrons. The Morgan fingerprint density at radius 1 is 1.17 bits per heavy atom. The Kier molecular flexibility index (Phi) is 6.39. The summed E-state index contributed by atoms with van der Waals surface area (Å²) in [6.45, 7) is 10.8. The minimum atomic E-state index is 0.624. The topological polar surface area (TPSA) is 29.3 Å². The van der Waals surface area contributed by atoms with Crippen molar-refractivity contribution in [2.75, 3.05) is 13.1 Å². The van der Waals surface area contributed by atoms with Crippen molar-refractivity contribution in [3.63, 3.8) is 0 Å². The molecule has 74 valence electrons. The zero-order valence-corrected chi connectivity index (χ0v) is 9.01. The van der Waals surface area contributed by atoms with Gasteiger partial charge in [0.2, 0.25) is 0 Å². The minimum Gasteiger partial charge on any atom is -0.329 e. The number of rotatable bonds is 6. The molecular weight excluding hydrogens is 148 g/mol. The second-order valence-electron chi connectivity index (χ2n) is 3.59. The molecule has 0 rings (SSSR count). The highest BCUT2D eigenvalue weighted by Crippen LogP contribution is 2.11. The lowest BCUT2D eigenvalue weighted by molar-refractivity contribution is 0.149. The Bertz CT molecular complexity index is 98.0. The highest BCUT2D eigenvalue weighted by Gasteiger charge is 2.16. The van der Waals surface area contributed by atoms with Crippen LogP contribution in [0.4, 0.5) is 0 Å². The van der Waals surface area contributed by atoms with E-state index in [0.717, 1.165) is 13.1 Å². The molecule has 0 unspecified atom stereocenters. The molecule has 0 aromatic rings. The summed E-state index contributed by atoms with van der Waals surface area (Å²) >= 11 is 0. The van der Waals surface area contributed by atoms with Gasteiger partial charge in [-0.1, -0.05) is 13.8 Å². The molecule has 0 aliphatic rings. The molecule has 2 nitrogen and oxygen atoms in total. The molecule has 0 fully saturated rings. The Morgan fingerprint density at radius 3 is 1.92 bits per heavy atom. The summed E-state index contributed by atoms with van der Waals surface area (Å²) < 4.78 is 0. The first-order valence-electron chi connectivity index (χ1n) is 5.13. The van der Waals surface area contributed by atoms with Gasteiger partial charge in [-0.25, -0.2) is 0 Å². The molecule has 0 amide bonds. The van der Waals surface area contributed by atoms with Crippen molar-refractivity contribution in [3.05, 3.63) is 0 Å². The lowest BCUT2D eigenvalue weighted by atomic mass is 10.1. The van der Waals surface area contributed by atoms with Crippen molar-refractivity contribution < 1.29 is 0 Å². The first-order valence-corrected chi connectivity index (χ1v) is 5.13. The van der Waals surface area contributed by atoms with E-state index in [2.05, 4.69) is 32.6 Å². The van der Waals surface area contributed by atoms with Gasteiger partial charge in [0.05, 0.1) is 0 Å². The van der Waals surface area contributed by atoms with E-state index in [-0.39, 0.29) is 0 Å². The average molecular weight is 172 g/mol. The van der Waals surface area contributed by atoms with Gasteiger partial charge in [-0.15, -0.1) is 0 Å². The zero-order valence-electron chi connectivity index (χ0n) is 9.01. The third-order valence-corrected chi connectivity index (χ3v) is 2.46. The quantitative estimate of drug-likeness (QED) is 0.662. The maximum Gasteiger partial charge on any atom is 0.0110 e. The van der Waals surface area contributed by atoms with Gasteiger partial charge in [-0.05, 0) is 26.7 Å². The van der Waals surface area contributed by atoms with Gasteiger partial charge in [-0.2, -0.15) is 0 Å². The molecule has 0 aliphatic carbocycles. The second-order valence-corrected chi connectivity index (χ2v) is 3.59. The van der Waals surface area contributed by atoms with Gasteiger partial charge < -0.3 is 5.73 Å². The van der Waals surface area contributed by atoms with Gasteiger partial charge in [0.1, 0.15) is 0 Å². The van der Waals surface area contributed by atoms with Gasteiger partial charge in [-0.3, -0.25) is 4.90 Å². The SMILES string of the molecule is CCC(CC)N(CCN)C(C)C. The van der Waals surface area contributed by atoms with Crippen molar-refractivity contribution in [2.24, 2.45) is 5.73 Å². The number of nitrogens with zero attached hydrogens (tertiary/aromatic N) is 1. The summed E-state index contributed by atoms with van der Waals surface area (Å²) in [4.78, 5) is 2.50. The smallest absolute Gasteiger partial charge is 0.0110 e. The normalized spacial score (nSPS) is 12.0. The lowest BCUT2D eigenvalue weighted by Crippen LogP contribution is -2.42. The van der Waals surface area contributed by atoms with Crippen LogP contribution in [-0.2, 0) is 0 Å². The van der Waals surface area contributed by atoms with Crippen LogP contribution in [0.5, 0.6) is 0 Å². The van der Waals surface area contributed by atoms with E-state index in [1.807, 2.05) is 0 Å². The summed E-state index contributed by atoms with van der Waals surface area (Å²) in [6.07, 6.45) is 2.46. The maximum atomic E-state index is 5.57. The van der Waals surface area contributed by atoms with Crippen LogP contribution in [0.25, 0.3) is 0 Å². The van der Waals surface area contributed by atoms with E-state index in [1.54, 1.807) is 0 Å². The molecule has 0 spiro atoms. The number of nitrogens with two attached hydrogens (primary N) is 1. The highest BCUT2D eigenvalue weighted by molar-refractivity contribution is 4.72. The van der Waals surface area contributed by atoms with E-state index in [4.69, 9.17) is 5.73 Å². The van der Waals surface area contributed by atoms with E-state index in [9.17, 15) is 0 Å². The summed E-state index contributed by atoms with van der Waals surface area (Å²) in [7, 11) is 0. The van der Waals surface area contributed by atoms with E-state index >= 15 is 0 Å². The van der Waals surface area contributed by atoms with Crippen molar-refractivity contribution >= 4 is 0 Å². The third-order valence-electron chi connectivity index (χ3n) is 2.46. The Morgan fingerprint density at radius 2 is 1.67 bits per heavy atom. The molecule has 0 atom stereocenters. The molecular formula is C10H24N2. The number of hydrogen-bond donors (Lipinski definition) is 1. The molecule has 12 heavy (non-hydrogen) atoms. The Hall–Kier alpha value is -0.0800. The maximum absolute atomic E-state index is 5.57. The Balaban J connectivity index is 4.05. The van der Waals surface area contributed by atoms with E-state index in [1.165, 1.54) is 12.8 Å². The van der Waals surface area contributed by atoms with Gasteiger partial charge >= 0.3 is 0 Å². The fraction of sp³-hybridized carbons (Fsp3) is 1.00. The molecule has 0 aromatic carbocycles. The molecule has 0 aromatic heterocycles. The summed E-state index contributed by atoms with van der Waals surface area (Å²) in [5, 5.41) is 0. The van der Waals surface area contributed by atoms with Crippen LogP contribution in [-0.4, -0.2) is 30.1 Å². The van der Waals surface area contributed by atoms with Gasteiger partial charge in [0.15, 0.2) is 0 Å². The van der Waals surface area contributed by atoms with Crippen molar-refractivity contribution in [2.45, 2.75) is 52.6 Å². The van der Waals surface area contributed by atoms with Crippen molar-refractivity contribution in [1.82, 2.24) is 4.90 Å². The van der Waals surface area contributed by atoms with Crippen LogP contribution in [0.2, 0.25) is 0 Å². The third kappa shape index (κ3) is 3.55. The Labute approximate surface area is 77.1 Å². The second kappa shape index (κ2) is 6.44. The molecule has 0 saturated heterocycles. The minimum absolute atomic E-state index is 0.624. The van der Waals surface area contributed by atoms with Crippen molar-refractivity contribution in [3.8, 4) is 0 Å². The first kappa shape index (κ1) is 11.9. The van der Waals surface area contributed by atoms with Crippen LogP contribution in [0.3, 0.4) is 0 Å². The van der Waals surface area contributed by atoms with Crippen LogP contribution >= 0.6 is 0 Å². The average Bonchev–Trinajstić information content (AvgIpc) is 2.05. The molecule has 0 bridgehead atoms. The van der Waals surface area contributed by atoms with Crippen LogP contribution in [0.1, 0.15) is 40.5 Å². The monoisotopic (exact) mass is 172 g/mol. The van der Waals surface area contributed by atoms with Crippen LogP contribution < -0.4 is 5.73 Å². The summed E-state index contributed by atoms with van der Waals surface area (Å²) in [6, 6.07) is 1.34. The zero-order chi connectivity index (χ0) is 9.56. The fourth-order valence-electron chi connectivity index (χ4n) is 1.77. The van der Waals surface area contributed by atoms with Crippen LogP contribution in [0.15, 0.2) is 0 Å². The predicted octanol–water partition coefficient (Wildman–Crippen LogP) is 1.84. The molecule has 0 saturated carbocycles. The van der Waals surface area contributed by atoms with Gasteiger partial charge in [0, 0.05) is 25.2 Å². The van der Waals surface area contributed by atoms with Crippen LogP contribution in [0, 0.1) is 0 Å². The standard InChI is InChI=1S/C10H24N2/c1-5-10(6-2)12(8-7-11)9(3)4/h9-10H,5-8,11H2,1-4H3. The first-order chi connectivity index (χ1) is 5.67. The largest absolute Gasteiger partial charge is 0.329 e. The van der Waals surface area contributed by atoms with E-state index < -0.39 is 0 Å². The van der Waals surface area contributed by atoms with E-state index in [0.29, 0.717) is 12.1 Å². The molecule has 0 heterocycles. The molecule has 0 aliphatic heterocycles. The fourth-order valence-corrected chi connectivity index (χ4v) is 1.77. The molecule has 2 N–H and O–H groups in total. The predicted molar refractivity (Wildman–Crippen MR) is 55.3 cm³/mol.